The monoisotopic (exact) mass is 844 g/mol. The molecule has 330 valence electrons. The smallest absolute Gasteiger partial charge is 0.486 e. The number of piperidine rings is 1. The highest BCUT2D eigenvalue weighted by atomic mass is 17.0. The van der Waals surface area contributed by atoms with E-state index < -0.39 is 58.9 Å². The van der Waals surface area contributed by atoms with Gasteiger partial charge in [-0.1, -0.05) is 25.5 Å². The molecule has 0 aromatic heterocycles. The molecule has 1 aliphatic heterocycles. The van der Waals surface area contributed by atoms with Gasteiger partial charge < -0.3 is 34.3 Å². The standard InChI is InChI=1S/C41H57N5O14/c1-8-16-40(26-42,31-11-13-32(55-5)35(22-31)57-7)17-9-18-44(4)27(2)30-10-12-33(34(21-30)56-6)58-25-36(47)43-45-19-14-29(15-20-45)28(3)59-46(54)60-38(50)24-41(53,39(51)52)23-37(48)49/h10-13,21-22,27-29,53H,8-9,14-20,23-25H2,1-7H3,(H2-,43,47,48,49,51,52)/p+1. The molecule has 60 heavy (non-hydrogen) atoms. The Hall–Kier alpha value is -5.71. The molecule has 1 fully saturated rings. The number of aliphatic carboxylic acids is 2. The van der Waals surface area contributed by atoms with E-state index in [9.17, 15) is 34.5 Å². The third-order valence-electron chi connectivity index (χ3n) is 10.8. The summed E-state index contributed by atoms with van der Waals surface area (Å²) in [4.78, 5) is 70.7. The second-order valence-corrected chi connectivity index (χ2v) is 14.9. The van der Waals surface area contributed by atoms with Crippen LogP contribution in [0.15, 0.2) is 36.4 Å². The van der Waals surface area contributed by atoms with Crippen molar-refractivity contribution in [1.82, 2.24) is 15.3 Å². The number of nitriles is 1. The predicted octanol–water partition coefficient (Wildman–Crippen LogP) is 4.11. The van der Waals surface area contributed by atoms with Gasteiger partial charge in [0, 0.05) is 25.0 Å². The molecule has 1 heterocycles. The maximum absolute atomic E-state index is 12.8. The van der Waals surface area contributed by atoms with E-state index in [0.717, 1.165) is 30.5 Å². The van der Waals surface area contributed by atoms with E-state index in [2.05, 4.69) is 35.1 Å². The SMILES string of the molecule is CCCC(C#N)(CCCN(C)C(C)c1ccc(OCC(=O)NN2CCC(C(C)O[N+](=O)OC(=O)CC(O)(CC(=O)O)C(=O)O)CC2)c(OC)c1)c1ccc(OC)c(OC)c1. The van der Waals surface area contributed by atoms with Crippen molar-refractivity contribution in [3.8, 4) is 29.1 Å². The minimum atomic E-state index is -2.97. The van der Waals surface area contributed by atoms with Crippen LogP contribution in [0.2, 0.25) is 0 Å². The summed E-state index contributed by atoms with van der Waals surface area (Å²) in [6.07, 6.45) is 0.640. The summed E-state index contributed by atoms with van der Waals surface area (Å²) in [6, 6.07) is 13.9. The lowest BCUT2D eigenvalue weighted by atomic mass is 9.74. The number of hydrogen-bond acceptors (Lipinski definition) is 15. The van der Waals surface area contributed by atoms with Crippen molar-refractivity contribution in [2.24, 2.45) is 5.92 Å². The Morgan fingerprint density at radius 3 is 2.18 bits per heavy atom. The summed E-state index contributed by atoms with van der Waals surface area (Å²) in [7, 11) is 6.72. The Labute approximate surface area is 349 Å². The van der Waals surface area contributed by atoms with Gasteiger partial charge in [0.1, 0.15) is 4.91 Å². The summed E-state index contributed by atoms with van der Waals surface area (Å²) in [6.45, 7) is 6.97. The molecule has 1 amide bonds. The molecule has 4 atom stereocenters. The summed E-state index contributed by atoms with van der Waals surface area (Å²) >= 11 is 0. The van der Waals surface area contributed by atoms with E-state index in [0.29, 0.717) is 61.8 Å². The van der Waals surface area contributed by atoms with Crippen molar-refractivity contribution in [2.45, 2.75) is 95.3 Å². The zero-order chi connectivity index (χ0) is 44.6. The number of amides is 1. The molecular weight excluding hydrogens is 786 g/mol. The number of carbonyl (C=O) groups excluding carboxylic acids is 2. The molecule has 19 heteroatoms. The van der Waals surface area contributed by atoms with Crippen molar-refractivity contribution in [3.63, 3.8) is 0 Å². The average molecular weight is 845 g/mol. The van der Waals surface area contributed by atoms with Crippen molar-refractivity contribution >= 4 is 23.8 Å². The van der Waals surface area contributed by atoms with Crippen molar-refractivity contribution < 1.29 is 68.2 Å². The lowest BCUT2D eigenvalue weighted by molar-refractivity contribution is -0.970. The average Bonchev–Trinajstić information content (AvgIpc) is 3.21. The molecule has 0 radical (unpaired) electrons. The predicted molar refractivity (Wildman–Crippen MR) is 213 cm³/mol. The molecule has 0 spiro atoms. The van der Waals surface area contributed by atoms with Crippen LogP contribution in [0.25, 0.3) is 0 Å². The molecule has 4 unspecified atom stereocenters. The van der Waals surface area contributed by atoms with Gasteiger partial charge in [-0.3, -0.25) is 19.9 Å². The van der Waals surface area contributed by atoms with Gasteiger partial charge in [-0.15, -0.1) is 4.84 Å². The molecule has 19 nitrogen and oxygen atoms in total. The van der Waals surface area contributed by atoms with Crippen LogP contribution in [-0.2, 0) is 34.3 Å². The highest BCUT2D eigenvalue weighted by Gasteiger charge is 2.44. The van der Waals surface area contributed by atoms with Crippen LogP contribution in [0.3, 0.4) is 0 Å². The molecule has 0 bridgehead atoms. The number of methoxy groups -OCH3 is 3. The third-order valence-corrected chi connectivity index (χ3v) is 10.8. The minimum absolute atomic E-state index is 0.00131. The van der Waals surface area contributed by atoms with Crippen LogP contribution in [0, 0.1) is 22.2 Å². The largest absolute Gasteiger partial charge is 0.493 e. The highest BCUT2D eigenvalue weighted by molar-refractivity contribution is 5.88. The maximum Gasteiger partial charge on any atom is 0.486 e. The van der Waals surface area contributed by atoms with Gasteiger partial charge in [0.15, 0.2) is 41.3 Å². The molecule has 2 aromatic rings. The van der Waals surface area contributed by atoms with Gasteiger partial charge >= 0.3 is 23.0 Å². The normalized spacial score (nSPS) is 16.2. The van der Waals surface area contributed by atoms with Crippen molar-refractivity contribution in [3.05, 3.63) is 52.4 Å². The summed E-state index contributed by atoms with van der Waals surface area (Å²) in [5.74, 6) is -3.66. The lowest BCUT2D eigenvalue weighted by Gasteiger charge is -2.32. The first-order valence-corrected chi connectivity index (χ1v) is 19.7. The Morgan fingerprint density at radius 2 is 1.60 bits per heavy atom. The Morgan fingerprint density at radius 1 is 0.967 bits per heavy atom. The second-order valence-electron chi connectivity index (χ2n) is 14.9. The Balaban J connectivity index is 1.47. The number of carboxylic acid groups (broad SMARTS) is 2. The number of carbonyl (C=O) groups is 4. The summed E-state index contributed by atoms with van der Waals surface area (Å²) in [5.41, 5.74) is 1.05. The number of hydrazine groups is 1. The zero-order valence-electron chi connectivity index (χ0n) is 35.3. The molecule has 1 saturated heterocycles. The summed E-state index contributed by atoms with van der Waals surface area (Å²) < 4.78 is 22.4. The van der Waals surface area contributed by atoms with Gasteiger partial charge in [0.05, 0.1) is 45.7 Å². The Kier molecular flexibility index (Phi) is 18.3. The van der Waals surface area contributed by atoms with Crippen LogP contribution in [0.5, 0.6) is 23.0 Å². The van der Waals surface area contributed by atoms with E-state index in [-0.39, 0.29) is 18.6 Å². The van der Waals surface area contributed by atoms with Gasteiger partial charge in [0.25, 0.3) is 5.91 Å². The first-order valence-electron chi connectivity index (χ1n) is 19.7. The second kappa shape index (κ2) is 22.6. The van der Waals surface area contributed by atoms with Gasteiger partial charge in [-0.2, -0.15) is 10.1 Å². The van der Waals surface area contributed by atoms with Crippen LogP contribution in [-0.4, -0.2) is 120 Å². The molecule has 2 aromatic carbocycles. The van der Waals surface area contributed by atoms with E-state index in [1.807, 2.05) is 37.4 Å². The van der Waals surface area contributed by atoms with Gasteiger partial charge in [-0.05, 0) is 94.9 Å². The fraction of sp³-hybridized carbons (Fsp3) is 0.585. The third kappa shape index (κ3) is 13.4. The van der Waals surface area contributed by atoms with Gasteiger partial charge in [-0.25, -0.2) is 14.6 Å². The lowest BCUT2D eigenvalue weighted by Crippen LogP contribution is -2.49. The fourth-order valence-corrected chi connectivity index (χ4v) is 7.19. The molecule has 0 saturated carbocycles. The van der Waals surface area contributed by atoms with Crippen molar-refractivity contribution in [2.75, 3.05) is 54.6 Å². The first kappa shape index (κ1) is 48.7. The number of nitrogens with zero attached hydrogens (tertiary/aromatic N) is 4. The number of rotatable bonds is 25. The minimum Gasteiger partial charge on any atom is -0.493 e. The molecule has 1 aliphatic rings. The highest BCUT2D eigenvalue weighted by Crippen LogP contribution is 2.39. The maximum atomic E-state index is 12.8. The number of ether oxygens (including phenoxy) is 4. The van der Waals surface area contributed by atoms with E-state index >= 15 is 0 Å². The summed E-state index contributed by atoms with van der Waals surface area (Å²) in [5, 5.41) is 39.5. The van der Waals surface area contributed by atoms with Crippen molar-refractivity contribution in [1.29, 1.82) is 5.26 Å². The zero-order valence-corrected chi connectivity index (χ0v) is 35.3. The molecule has 4 N–H and O–H groups in total. The first-order chi connectivity index (χ1) is 28.4. The fourth-order valence-electron chi connectivity index (χ4n) is 7.19. The van der Waals surface area contributed by atoms with E-state index in [1.54, 1.807) is 32.2 Å². The number of carboxylic acids is 2. The quantitative estimate of drug-likeness (QED) is 0.103. The topological polar surface area (TPSA) is 247 Å². The number of hydrogen-bond donors (Lipinski definition) is 4. The molecule has 0 aliphatic carbocycles. The van der Waals surface area contributed by atoms with Crippen LogP contribution in [0.1, 0.15) is 89.3 Å². The van der Waals surface area contributed by atoms with Crippen LogP contribution >= 0.6 is 0 Å². The molecular formula is C41H58N5O14+. The number of benzene rings is 2. The molecule has 3 rings (SSSR count). The van der Waals surface area contributed by atoms with Gasteiger partial charge in [0.2, 0.25) is 0 Å². The van der Waals surface area contributed by atoms with E-state index in [1.165, 1.54) is 7.11 Å². The van der Waals surface area contributed by atoms with Crippen LogP contribution in [0.4, 0.5) is 0 Å². The van der Waals surface area contributed by atoms with Crippen LogP contribution < -0.4 is 24.4 Å². The number of nitrogens with one attached hydrogen (secondary N) is 1. The van der Waals surface area contributed by atoms with E-state index in [4.69, 9.17) is 34.0 Å². The number of aliphatic hydroxyl groups is 1. The Bertz CT molecular complexity index is 1850.